The summed E-state index contributed by atoms with van der Waals surface area (Å²) in [5.74, 6) is 1.36. The van der Waals surface area contributed by atoms with Crippen molar-refractivity contribution >= 4 is 32.8 Å². The van der Waals surface area contributed by atoms with Gasteiger partial charge in [-0.3, -0.25) is 13.7 Å². The van der Waals surface area contributed by atoms with E-state index in [1.54, 1.807) is 0 Å². The van der Waals surface area contributed by atoms with Crippen LogP contribution in [0.2, 0.25) is 0 Å². The molecule has 0 saturated heterocycles. The molecule has 0 spiro atoms. The molecule has 0 N–H and O–H groups in total. The van der Waals surface area contributed by atoms with Crippen molar-refractivity contribution < 1.29 is 20.3 Å². The van der Waals surface area contributed by atoms with Gasteiger partial charge in [0, 0.05) is 32.7 Å². The number of fused-ring (bicyclic) bond motifs is 4. The Balaban J connectivity index is 1.06. The van der Waals surface area contributed by atoms with Gasteiger partial charge >= 0.3 is 0 Å². The molecule has 0 aliphatic rings. The maximum Gasteiger partial charge on any atom is 0.269 e. The van der Waals surface area contributed by atoms with Gasteiger partial charge in [0.05, 0.1) is 40.3 Å². The lowest BCUT2D eigenvalue weighted by Crippen LogP contribution is -2.34. The molecule has 0 aliphatic carbocycles. The van der Waals surface area contributed by atoms with Crippen molar-refractivity contribution in [2.75, 3.05) is 0 Å². The summed E-state index contributed by atoms with van der Waals surface area (Å²) in [6.45, 7) is 17.4. The van der Waals surface area contributed by atoms with E-state index in [0.717, 1.165) is 61.0 Å². The molecule has 0 fully saturated rings. The average Bonchev–Trinajstić information content (AvgIpc) is 4.10. The summed E-state index contributed by atoms with van der Waals surface area (Å²) in [5.41, 5.74) is 12.6. The number of hydrogen-bond donors (Lipinski definition) is 0. The molecule has 356 valence electrons. The van der Waals surface area contributed by atoms with E-state index in [-0.39, 0.29) is 38.8 Å². The van der Waals surface area contributed by atoms with Gasteiger partial charge in [-0.2, -0.15) is 0 Å². The Labute approximate surface area is 435 Å². The minimum atomic E-state index is -2.74. The molecule has 72 heavy (non-hydrogen) atoms. The zero-order valence-corrected chi connectivity index (χ0v) is 42.3. The minimum Gasteiger partial charge on any atom is -0.458 e. The van der Waals surface area contributed by atoms with E-state index in [9.17, 15) is 0 Å². The number of hydrogen-bond acceptors (Lipinski definition) is 2. The molecule has 0 atom stereocenters. The number of benzene rings is 8. The maximum atomic E-state index is 8.68. The van der Waals surface area contributed by atoms with Crippen molar-refractivity contribution in [2.24, 2.45) is 0 Å². The molecule has 5 heteroatoms. The first-order chi connectivity index (χ1) is 37.8. The molecule has 11 rings (SSSR count). The predicted molar refractivity (Wildman–Crippen MR) is 299 cm³/mol. The third kappa shape index (κ3) is 8.57. The third-order valence-corrected chi connectivity index (χ3v) is 13.7. The topological polar surface area (TPSA) is 35.9 Å². The van der Waals surface area contributed by atoms with E-state index >= 15 is 0 Å². The predicted octanol–water partition coefficient (Wildman–Crippen LogP) is 17.2. The largest absolute Gasteiger partial charge is 0.458 e. The van der Waals surface area contributed by atoms with E-state index in [0.29, 0.717) is 17.0 Å². The standard InChI is InChI=1S/C67H62N4O/c1-44-37-63(68-42-57(44)46-19-12-11-13-20-46)71-59-28-15-14-25-55(59)56-35-34-53(41-61(56)71)72-52-24-17-23-51(40-52)69-43-70(60-36-31-47(39-62(60)69)45-29-32-49(33-30-45)65(2,3)4)64-54(26-18-27-58(64)67(8,9)10)48-21-16-22-50(38-48)66(5,6)7/h11-42H,1-10H3/i1D3,11D,12D,13D,19D,20D. The van der Waals surface area contributed by atoms with E-state index in [2.05, 4.69) is 169 Å². The lowest BCUT2D eigenvalue weighted by molar-refractivity contribution is -0.572. The molecule has 5 nitrogen and oxygen atoms in total. The number of pyridine rings is 1. The Morgan fingerprint density at radius 2 is 1.26 bits per heavy atom. The highest BCUT2D eigenvalue weighted by atomic mass is 16.5. The van der Waals surface area contributed by atoms with Gasteiger partial charge in [0.25, 0.3) is 6.33 Å². The second-order valence-electron chi connectivity index (χ2n) is 21.8. The van der Waals surface area contributed by atoms with Gasteiger partial charge in [0.2, 0.25) is 0 Å². The Bertz CT molecular complexity index is 4240. The van der Waals surface area contributed by atoms with Gasteiger partial charge < -0.3 is 4.74 Å². The van der Waals surface area contributed by atoms with Gasteiger partial charge in [-0.25, -0.2) is 4.98 Å². The second kappa shape index (κ2) is 17.7. The first kappa shape index (κ1) is 37.8. The number of aromatic nitrogens is 4. The van der Waals surface area contributed by atoms with Gasteiger partial charge in [-0.1, -0.05) is 196 Å². The molecule has 0 aliphatic heterocycles. The summed E-state index contributed by atoms with van der Waals surface area (Å²) < 4.78 is 81.0. The number of nitrogens with zero attached hydrogens (tertiary/aromatic N) is 4. The van der Waals surface area contributed by atoms with Crippen LogP contribution in [0.4, 0.5) is 0 Å². The Morgan fingerprint density at radius 1 is 0.542 bits per heavy atom. The highest BCUT2D eigenvalue weighted by molar-refractivity contribution is 6.09. The molecule has 0 unspecified atom stereocenters. The van der Waals surface area contributed by atoms with Crippen LogP contribution < -0.4 is 9.30 Å². The molecule has 0 bridgehead atoms. The lowest BCUT2D eigenvalue weighted by Gasteiger charge is -2.26. The van der Waals surface area contributed by atoms with Crippen LogP contribution in [-0.2, 0) is 16.2 Å². The summed E-state index contributed by atoms with van der Waals surface area (Å²) in [6.07, 6.45) is 5.17. The quantitative estimate of drug-likeness (QED) is 0.112. The van der Waals surface area contributed by atoms with Crippen LogP contribution in [0.5, 0.6) is 11.5 Å². The fraction of sp³-hybridized carbons (Fsp3) is 0.194. The molecule has 8 aromatic carbocycles. The molecule has 11 aromatic rings. The number of rotatable bonds is 8. The van der Waals surface area contributed by atoms with Crippen LogP contribution in [0.15, 0.2) is 194 Å². The van der Waals surface area contributed by atoms with E-state index in [4.69, 9.17) is 20.7 Å². The van der Waals surface area contributed by atoms with Gasteiger partial charge in [0.1, 0.15) is 17.3 Å². The zero-order chi connectivity index (χ0) is 57.0. The molecule has 3 heterocycles. The van der Waals surface area contributed by atoms with Crippen molar-refractivity contribution in [2.45, 2.75) is 85.4 Å². The first-order valence-electron chi connectivity index (χ1n) is 28.5. The maximum absolute atomic E-state index is 8.68. The molecule has 3 aromatic heterocycles. The second-order valence-corrected chi connectivity index (χ2v) is 21.8. The molecular formula is C67H62N4O. The first-order valence-corrected chi connectivity index (χ1v) is 24.5. The van der Waals surface area contributed by atoms with Crippen molar-refractivity contribution in [1.82, 2.24) is 14.1 Å². The van der Waals surface area contributed by atoms with Crippen LogP contribution in [-0.4, -0.2) is 14.1 Å². The third-order valence-electron chi connectivity index (χ3n) is 13.7. The summed E-state index contributed by atoms with van der Waals surface area (Å²) in [4.78, 5) is 4.76. The smallest absolute Gasteiger partial charge is 0.269 e. The van der Waals surface area contributed by atoms with E-state index in [1.165, 1.54) is 29.0 Å². The summed E-state index contributed by atoms with van der Waals surface area (Å²) in [6, 6.07) is 51.2. The van der Waals surface area contributed by atoms with Crippen LogP contribution in [0.3, 0.4) is 0 Å². The van der Waals surface area contributed by atoms with E-state index in [1.807, 2.05) is 65.2 Å². The van der Waals surface area contributed by atoms with Crippen LogP contribution in [0.25, 0.3) is 83.4 Å². The Morgan fingerprint density at radius 3 is 2.03 bits per heavy atom. The highest BCUT2D eigenvalue weighted by Gasteiger charge is 2.26. The highest BCUT2D eigenvalue weighted by Crippen LogP contribution is 2.39. The normalized spacial score (nSPS) is 14.1. The Kier molecular flexibility index (Phi) is 9.27. The fourth-order valence-electron chi connectivity index (χ4n) is 9.82. The summed E-state index contributed by atoms with van der Waals surface area (Å²) in [5, 5.41) is 1.77. The summed E-state index contributed by atoms with van der Waals surface area (Å²) in [7, 11) is 0. The SMILES string of the molecule is [2H]c1c([2H])c([2H])c(-c2cnc(-n3c4ccccc4c4ccc(Oc5cccc(-n6[c-][n+](-c7c(-c8cccc(C(C)(C)C)c8)cccc7C(C)(C)C)c7ccc(-c8ccc(C(C)(C)C)cc8)cc76)c5)cc43)cc2C([2H])([2H])[2H])c([2H])c1[2H]. The van der Waals surface area contributed by atoms with Crippen LogP contribution in [0.1, 0.15) is 95.5 Å². The van der Waals surface area contributed by atoms with Crippen molar-refractivity contribution in [3.8, 4) is 62.1 Å². The summed E-state index contributed by atoms with van der Waals surface area (Å²) >= 11 is 0. The molecular weight excluding hydrogens is 877 g/mol. The van der Waals surface area contributed by atoms with Crippen LogP contribution >= 0.6 is 0 Å². The number of ether oxygens (including phenoxy) is 1. The number of imidazole rings is 1. The molecule has 0 amide bonds. The molecule has 0 radical (unpaired) electrons. The lowest BCUT2D eigenvalue weighted by atomic mass is 9.82. The minimum absolute atomic E-state index is 0.0113. The molecule has 0 saturated carbocycles. The fourth-order valence-corrected chi connectivity index (χ4v) is 9.82. The van der Waals surface area contributed by atoms with Gasteiger partial charge in [-0.15, -0.1) is 0 Å². The van der Waals surface area contributed by atoms with Crippen molar-refractivity contribution in [3.63, 3.8) is 0 Å². The van der Waals surface area contributed by atoms with Crippen molar-refractivity contribution in [1.29, 1.82) is 0 Å². The Hall–Kier alpha value is -8.02. The average molecular weight is 947 g/mol. The van der Waals surface area contributed by atoms with Crippen LogP contribution in [0, 0.1) is 13.2 Å². The monoisotopic (exact) mass is 947 g/mol. The van der Waals surface area contributed by atoms with Crippen molar-refractivity contribution in [3.05, 3.63) is 223 Å². The number of aryl methyl sites for hydroxylation is 1. The van der Waals surface area contributed by atoms with E-state index < -0.39 is 37.1 Å². The van der Waals surface area contributed by atoms with Gasteiger partial charge in [-0.05, 0) is 122 Å². The zero-order valence-electron chi connectivity index (χ0n) is 50.3. The number of para-hydroxylation sites is 2. The van der Waals surface area contributed by atoms with Gasteiger partial charge in [0.15, 0.2) is 0 Å².